The van der Waals surface area contributed by atoms with Crippen molar-refractivity contribution >= 4 is 10.8 Å². The van der Waals surface area contributed by atoms with Crippen molar-refractivity contribution in [1.29, 1.82) is 0 Å². The Labute approximate surface area is 128 Å². The van der Waals surface area contributed by atoms with Gasteiger partial charge in [-0.2, -0.15) is 0 Å². The molecule has 2 atom stereocenters. The summed E-state index contributed by atoms with van der Waals surface area (Å²) in [4.78, 5) is 0. The lowest BCUT2D eigenvalue weighted by molar-refractivity contribution is 0.254. The summed E-state index contributed by atoms with van der Waals surface area (Å²) in [5, 5.41) is 2.07. The van der Waals surface area contributed by atoms with Crippen molar-refractivity contribution in [3.05, 3.63) is 30.3 Å². The van der Waals surface area contributed by atoms with E-state index < -0.39 is 0 Å². The first-order valence-corrected chi connectivity index (χ1v) is 7.43. The predicted octanol–water partition coefficient (Wildman–Crippen LogP) is 2.40. The van der Waals surface area contributed by atoms with Gasteiger partial charge in [0.05, 0.1) is 20.3 Å². The molecule has 0 spiro atoms. The Morgan fingerprint density at radius 3 is 2.41 bits per heavy atom. The second-order valence-corrected chi connectivity index (χ2v) is 5.51. The molecule has 0 radical (unpaired) electrons. The Bertz CT molecular complexity index is 676. The number of benzene rings is 2. The van der Waals surface area contributed by atoms with Crippen LogP contribution in [0.4, 0.5) is 0 Å². The maximum Gasteiger partial charge on any atom is 0.169 e. The standard InChI is InChI=1S/C17H18O5/c1-18-16-5-2-11-6-12(19-7-13-8-20-13)3-4-15(11)17(16)22-10-14-9-21-14/h2-6,13-14H,7-10H2,1H3. The first-order chi connectivity index (χ1) is 10.8. The molecule has 2 saturated heterocycles. The Morgan fingerprint density at radius 1 is 1.00 bits per heavy atom. The van der Waals surface area contributed by atoms with Crippen LogP contribution in [0.2, 0.25) is 0 Å². The summed E-state index contributed by atoms with van der Waals surface area (Å²) >= 11 is 0. The number of rotatable bonds is 7. The summed E-state index contributed by atoms with van der Waals surface area (Å²) < 4.78 is 27.4. The molecule has 2 unspecified atom stereocenters. The molecule has 2 aliphatic heterocycles. The molecule has 2 aromatic carbocycles. The Balaban J connectivity index is 1.61. The van der Waals surface area contributed by atoms with E-state index in [1.807, 2.05) is 30.3 Å². The molecule has 2 aromatic rings. The summed E-state index contributed by atoms with van der Waals surface area (Å²) in [5.74, 6) is 2.32. The fourth-order valence-electron chi connectivity index (χ4n) is 2.35. The predicted molar refractivity (Wildman–Crippen MR) is 81.0 cm³/mol. The van der Waals surface area contributed by atoms with E-state index in [-0.39, 0.29) is 12.2 Å². The second kappa shape index (κ2) is 5.66. The highest BCUT2D eigenvalue weighted by molar-refractivity contribution is 5.91. The molecule has 2 fully saturated rings. The van der Waals surface area contributed by atoms with Crippen LogP contribution in [0.25, 0.3) is 10.8 Å². The maximum atomic E-state index is 5.90. The number of methoxy groups -OCH3 is 1. The largest absolute Gasteiger partial charge is 0.493 e. The number of fused-ring (bicyclic) bond motifs is 1. The zero-order valence-electron chi connectivity index (χ0n) is 12.4. The summed E-state index contributed by atoms with van der Waals surface area (Å²) in [6.45, 7) is 2.72. The minimum atomic E-state index is 0.209. The molecule has 2 heterocycles. The van der Waals surface area contributed by atoms with Crippen LogP contribution in [0.3, 0.4) is 0 Å². The van der Waals surface area contributed by atoms with Gasteiger partial charge in [-0.1, -0.05) is 6.07 Å². The molecule has 5 nitrogen and oxygen atoms in total. The number of hydrogen-bond acceptors (Lipinski definition) is 5. The number of ether oxygens (including phenoxy) is 5. The van der Waals surface area contributed by atoms with Gasteiger partial charge in [-0.3, -0.25) is 0 Å². The molecule has 5 heteroatoms. The lowest BCUT2D eigenvalue weighted by atomic mass is 10.1. The van der Waals surface area contributed by atoms with Gasteiger partial charge in [-0.05, 0) is 29.7 Å². The fourth-order valence-corrected chi connectivity index (χ4v) is 2.35. The van der Waals surface area contributed by atoms with Gasteiger partial charge in [0, 0.05) is 5.39 Å². The fraction of sp³-hybridized carbons (Fsp3) is 0.412. The van der Waals surface area contributed by atoms with E-state index in [9.17, 15) is 0 Å². The van der Waals surface area contributed by atoms with E-state index in [4.69, 9.17) is 23.7 Å². The Kier molecular flexibility index (Phi) is 3.52. The Hall–Kier alpha value is -1.98. The van der Waals surface area contributed by atoms with E-state index in [0.29, 0.717) is 13.2 Å². The molecule has 116 valence electrons. The zero-order valence-corrected chi connectivity index (χ0v) is 12.4. The van der Waals surface area contributed by atoms with Crippen LogP contribution >= 0.6 is 0 Å². The van der Waals surface area contributed by atoms with Crippen LogP contribution in [0.1, 0.15) is 0 Å². The molecular weight excluding hydrogens is 284 g/mol. The van der Waals surface area contributed by atoms with Gasteiger partial charge in [-0.15, -0.1) is 0 Å². The van der Waals surface area contributed by atoms with E-state index in [1.165, 1.54) is 0 Å². The normalized spacial score (nSPS) is 22.4. The van der Waals surface area contributed by atoms with Gasteiger partial charge in [0.15, 0.2) is 11.5 Å². The molecule has 2 aliphatic rings. The average Bonchev–Trinajstić information content (AvgIpc) is 3.45. The monoisotopic (exact) mass is 302 g/mol. The van der Waals surface area contributed by atoms with E-state index in [0.717, 1.165) is 41.2 Å². The summed E-state index contributed by atoms with van der Waals surface area (Å²) in [6.07, 6.45) is 0.463. The van der Waals surface area contributed by atoms with Crippen molar-refractivity contribution in [2.75, 3.05) is 33.5 Å². The van der Waals surface area contributed by atoms with Gasteiger partial charge < -0.3 is 23.7 Å². The van der Waals surface area contributed by atoms with Gasteiger partial charge in [0.2, 0.25) is 0 Å². The third-order valence-electron chi connectivity index (χ3n) is 3.78. The van der Waals surface area contributed by atoms with Gasteiger partial charge in [0.1, 0.15) is 31.2 Å². The molecular formula is C17H18O5. The van der Waals surface area contributed by atoms with Crippen LogP contribution < -0.4 is 14.2 Å². The van der Waals surface area contributed by atoms with Gasteiger partial charge in [0.25, 0.3) is 0 Å². The van der Waals surface area contributed by atoms with E-state index >= 15 is 0 Å². The van der Waals surface area contributed by atoms with Crippen LogP contribution in [0.15, 0.2) is 30.3 Å². The third-order valence-corrected chi connectivity index (χ3v) is 3.78. The van der Waals surface area contributed by atoms with Crippen LogP contribution in [0, 0.1) is 0 Å². The maximum absolute atomic E-state index is 5.90. The molecule has 0 saturated carbocycles. The SMILES string of the molecule is COc1ccc2cc(OCC3CO3)ccc2c1OCC1CO1. The van der Waals surface area contributed by atoms with Crippen molar-refractivity contribution in [2.45, 2.75) is 12.2 Å². The van der Waals surface area contributed by atoms with Crippen LogP contribution in [-0.4, -0.2) is 45.7 Å². The van der Waals surface area contributed by atoms with Crippen molar-refractivity contribution in [1.82, 2.24) is 0 Å². The van der Waals surface area contributed by atoms with Crippen molar-refractivity contribution in [2.24, 2.45) is 0 Å². The van der Waals surface area contributed by atoms with E-state index in [2.05, 4.69) is 0 Å². The topological polar surface area (TPSA) is 52.8 Å². The highest BCUT2D eigenvalue weighted by atomic mass is 16.6. The molecule has 0 N–H and O–H groups in total. The van der Waals surface area contributed by atoms with Crippen molar-refractivity contribution in [3.8, 4) is 17.2 Å². The quantitative estimate of drug-likeness (QED) is 0.735. The molecule has 0 amide bonds. The summed E-state index contributed by atoms with van der Waals surface area (Å²) in [6, 6.07) is 9.89. The Morgan fingerprint density at radius 2 is 1.73 bits per heavy atom. The van der Waals surface area contributed by atoms with E-state index in [1.54, 1.807) is 7.11 Å². The van der Waals surface area contributed by atoms with Crippen molar-refractivity contribution < 1.29 is 23.7 Å². The lowest BCUT2D eigenvalue weighted by Crippen LogP contribution is -2.06. The average molecular weight is 302 g/mol. The minimum Gasteiger partial charge on any atom is -0.493 e. The second-order valence-electron chi connectivity index (χ2n) is 5.51. The first-order valence-electron chi connectivity index (χ1n) is 7.43. The van der Waals surface area contributed by atoms with Crippen molar-refractivity contribution in [3.63, 3.8) is 0 Å². The smallest absolute Gasteiger partial charge is 0.169 e. The number of epoxide rings is 2. The molecule has 22 heavy (non-hydrogen) atoms. The van der Waals surface area contributed by atoms with Crippen LogP contribution in [0.5, 0.6) is 17.2 Å². The summed E-state index contributed by atoms with van der Waals surface area (Å²) in [7, 11) is 1.65. The number of hydrogen-bond donors (Lipinski definition) is 0. The molecule has 0 aliphatic carbocycles. The molecule has 4 rings (SSSR count). The molecule has 0 bridgehead atoms. The van der Waals surface area contributed by atoms with Crippen LogP contribution in [-0.2, 0) is 9.47 Å². The summed E-state index contributed by atoms with van der Waals surface area (Å²) in [5.41, 5.74) is 0. The van der Waals surface area contributed by atoms with Gasteiger partial charge in [-0.25, -0.2) is 0 Å². The highest BCUT2D eigenvalue weighted by Gasteiger charge is 2.25. The lowest BCUT2D eigenvalue weighted by Gasteiger charge is -2.14. The first kappa shape index (κ1) is 13.7. The highest BCUT2D eigenvalue weighted by Crippen LogP contribution is 2.37. The zero-order chi connectivity index (χ0) is 14.9. The third kappa shape index (κ3) is 2.96. The molecule has 0 aromatic heterocycles. The van der Waals surface area contributed by atoms with Gasteiger partial charge >= 0.3 is 0 Å². The minimum absolute atomic E-state index is 0.209.